The van der Waals surface area contributed by atoms with Gasteiger partial charge in [0.1, 0.15) is 16.4 Å². The highest BCUT2D eigenvalue weighted by atomic mass is 32.2. The van der Waals surface area contributed by atoms with Crippen molar-refractivity contribution >= 4 is 33.3 Å². The van der Waals surface area contributed by atoms with Gasteiger partial charge >= 0.3 is 0 Å². The van der Waals surface area contributed by atoms with E-state index in [1.54, 1.807) is 23.5 Å². The lowest BCUT2D eigenvalue weighted by Gasteiger charge is -2.09. The summed E-state index contributed by atoms with van der Waals surface area (Å²) in [7, 11) is 0. The first-order valence-corrected chi connectivity index (χ1v) is 9.07. The number of aromatic hydroxyl groups is 1. The van der Waals surface area contributed by atoms with Crippen LogP contribution in [0.1, 0.15) is 21.8 Å². The summed E-state index contributed by atoms with van der Waals surface area (Å²) in [6, 6.07) is 6.98. The SMILES string of the molecule is O=c1[nH]c(Cc2ccc(O)cc2)nc2sc3c(c12)CCSC3. The zero-order valence-electron chi connectivity index (χ0n) is 11.8. The Morgan fingerprint density at radius 2 is 2.09 bits per heavy atom. The molecule has 3 heterocycles. The van der Waals surface area contributed by atoms with Gasteiger partial charge in [-0.1, -0.05) is 12.1 Å². The van der Waals surface area contributed by atoms with Crippen molar-refractivity contribution in [3.8, 4) is 5.75 Å². The molecule has 0 radical (unpaired) electrons. The minimum absolute atomic E-state index is 0.0248. The standard InChI is InChI=1S/C16H14N2O2S2/c19-10-3-1-9(2-4-10)7-13-17-15(20)14-11-5-6-21-8-12(11)22-16(14)18-13/h1-4,19H,5-8H2,(H,17,18,20). The van der Waals surface area contributed by atoms with Crippen molar-refractivity contribution in [3.63, 3.8) is 0 Å². The van der Waals surface area contributed by atoms with Gasteiger partial charge in [0.05, 0.1) is 5.39 Å². The topological polar surface area (TPSA) is 66.0 Å². The Bertz CT molecular complexity index is 897. The molecule has 0 unspecified atom stereocenters. The monoisotopic (exact) mass is 330 g/mol. The Kier molecular flexibility index (Phi) is 3.43. The van der Waals surface area contributed by atoms with Gasteiger partial charge in [0.2, 0.25) is 0 Å². The molecule has 0 saturated heterocycles. The second kappa shape index (κ2) is 5.44. The van der Waals surface area contributed by atoms with E-state index in [0.717, 1.165) is 33.7 Å². The molecule has 2 aromatic heterocycles. The highest BCUT2D eigenvalue weighted by Gasteiger charge is 2.19. The molecular weight excluding hydrogens is 316 g/mol. The third-order valence-electron chi connectivity index (χ3n) is 3.83. The highest BCUT2D eigenvalue weighted by Crippen LogP contribution is 2.35. The first-order chi connectivity index (χ1) is 10.7. The molecule has 1 aliphatic heterocycles. The summed E-state index contributed by atoms with van der Waals surface area (Å²) in [5.41, 5.74) is 2.18. The highest BCUT2D eigenvalue weighted by molar-refractivity contribution is 7.98. The number of nitrogens with one attached hydrogen (secondary N) is 1. The fraction of sp³-hybridized carbons (Fsp3) is 0.250. The molecule has 6 heteroatoms. The van der Waals surface area contributed by atoms with Crippen molar-refractivity contribution < 1.29 is 5.11 Å². The summed E-state index contributed by atoms with van der Waals surface area (Å²) in [5.74, 6) is 2.98. The minimum atomic E-state index is -0.0248. The zero-order chi connectivity index (χ0) is 15.1. The molecule has 112 valence electrons. The number of rotatable bonds is 2. The number of hydrogen-bond acceptors (Lipinski definition) is 5. The first-order valence-electron chi connectivity index (χ1n) is 7.10. The van der Waals surface area contributed by atoms with Crippen LogP contribution in [-0.2, 0) is 18.6 Å². The average Bonchev–Trinajstić information content (AvgIpc) is 2.88. The van der Waals surface area contributed by atoms with Crippen LogP contribution in [0.25, 0.3) is 10.2 Å². The van der Waals surface area contributed by atoms with E-state index in [4.69, 9.17) is 0 Å². The molecule has 4 rings (SSSR count). The van der Waals surface area contributed by atoms with Gasteiger partial charge in [0.15, 0.2) is 0 Å². The van der Waals surface area contributed by atoms with Gasteiger partial charge in [-0.3, -0.25) is 4.79 Å². The van der Waals surface area contributed by atoms with E-state index in [1.165, 1.54) is 10.4 Å². The average molecular weight is 330 g/mol. The molecule has 0 atom stereocenters. The molecule has 0 aliphatic carbocycles. The summed E-state index contributed by atoms with van der Waals surface area (Å²) in [5, 5.41) is 10.1. The first kappa shape index (κ1) is 13.8. The lowest BCUT2D eigenvalue weighted by Crippen LogP contribution is -2.13. The Hall–Kier alpha value is -1.79. The van der Waals surface area contributed by atoms with Crippen LogP contribution in [0.15, 0.2) is 29.1 Å². The Morgan fingerprint density at radius 1 is 1.27 bits per heavy atom. The number of aryl methyl sites for hydroxylation is 1. The number of phenols is 1. The summed E-state index contributed by atoms with van der Waals surface area (Å²) >= 11 is 3.56. The van der Waals surface area contributed by atoms with E-state index >= 15 is 0 Å². The smallest absolute Gasteiger partial charge is 0.259 e. The number of fused-ring (bicyclic) bond motifs is 3. The number of thioether (sulfide) groups is 1. The molecule has 0 fully saturated rings. The molecule has 2 N–H and O–H groups in total. The van der Waals surface area contributed by atoms with Gasteiger partial charge in [0.25, 0.3) is 5.56 Å². The van der Waals surface area contributed by atoms with Crippen molar-refractivity contribution in [1.82, 2.24) is 9.97 Å². The molecule has 0 saturated carbocycles. The maximum atomic E-state index is 12.4. The summed E-state index contributed by atoms with van der Waals surface area (Å²) in [6.07, 6.45) is 1.52. The molecule has 0 spiro atoms. The molecule has 22 heavy (non-hydrogen) atoms. The largest absolute Gasteiger partial charge is 0.508 e. The van der Waals surface area contributed by atoms with Crippen molar-refractivity contribution in [3.05, 3.63) is 56.4 Å². The number of thiophene rings is 1. The fourth-order valence-electron chi connectivity index (χ4n) is 2.77. The Balaban J connectivity index is 1.77. The summed E-state index contributed by atoms with van der Waals surface area (Å²) < 4.78 is 0. The van der Waals surface area contributed by atoms with Crippen LogP contribution in [0, 0.1) is 0 Å². The number of aromatic nitrogens is 2. The van der Waals surface area contributed by atoms with Gasteiger partial charge in [-0.2, -0.15) is 11.8 Å². The van der Waals surface area contributed by atoms with Crippen LogP contribution in [0.5, 0.6) is 5.75 Å². The van der Waals surface area contributed by atoms with Crippen LogP contribution in [0.4, 0.5) is 0 Å². The van der Waals surface area contributed by atoms with Crippen LogP contribution in [0.3, 0.4) is 0 Å². The van der Waals surface area contributed by atoms with Crippen molar-refractivity contribution in [2.24, 2.45) is 0 Å². The minimum Gasteiger partial charge on any atom is -0.508 e. The third kappa shape index (κ3) is 2.42. The summed E-state index contributed by atoms with van der Waals surface area (Å²) in [6.45, 7) is 0. The molecule has 4 nitrogen and oxygen atoms in total. The zero-order valence-corrected chi connectivity index (χ0v) is 13.4. The second-order valence-electron chi connectivity index (χ2n) is 5.34. The Morgan fingerprint density at radius 3 is 2.91 bits per heavy atom. The number of benzene rings is 1. The van der Waals surface area contributed by atoms with Gasteiger partial charge in [-0.25, -0.2) is 4.98 Å². The van der Waals surface area contributed by atoms with Crippen molar-refractivity contribution in [2.75, 3.05) is 5.75 Å². The Labute approximate surface area is 135 Å². The van der Waals surface area contributed by atoms with Gasteiger partial charge in [0, 0.05) is 17.1 Å². The molecule has 0 amide bonds. The number of nitrogens with zero attached hydrogens (tertiary/aromatic N) is 1. The maximum Gasteiger partial charge on any atom is 0.259 e. The van der Waals surface area contributed by atoms with Crippen LogP contribution >= 0.6 is 23.1 Å². The molecule has 1 aliphatic rings. The number of H-pyrrole nitrogens is 1. The van der Waals surface area contributed by atoms with Crippen LogP contribution in [-0.4, -0.2) is 20.8 Å². The van der Waals surface area contributed by atoms with E-state index in [1.807, 2.05) is 23.9 Å². The third-order valence-corrected chi connectivity index (χ3v) is 6.13. The number of aromatic amines is 1. The lowest BCUT2D eigenvalue weighted by atomic mass is 10.1. The fourth-order valence-corrected chi connectivity index (χ4v) is 5.14. The second-order valence-corrected chi connectivity index (χ2v) is 7.53. The van der Waals surface area contributed by atoms with E-state index in [0.29, 0.717) is 12.2 Å². The quantitative estimate of drug-likeness (QED) is 0.758. The molecule has 3 aromatic rings. The summed E-state index contributed by atoms with van der Waals surface area (Å²) in [4.78, 5) is 22.2. The molecule has 1 aromatic carbocycles. The number of hydrogen-bond donors (Lipinski definition) is 2. The van der Waals surface area contributed by atoms with E-state index < -0.39 is 0 Å². The van der Waals surface area contributed by atoms with E-state index in [9.17, 15) is 9.90 Å². The van der Waals surface area contributed by atoms with Crippen molar-refractivity contribution in [1.29, 1.82) is 0 Å². The molecular formula is C16H14N2O2S2. The van der Waals surface area contributed by atoms with Crippen molar-refractivity contribution in [2.45, 2.75) is 18.6 Å². The van der Waals surface area contributed by atoms with Crippen LogP contribution < -0.4 is 5.56 Å². The van der Waals surface area contributed by atoms with Crippen LogP contribution in [0.2, 0.25) is 0 Å². The van der Waals surface area contributed by atoms with Gasteiger partial charge < -0.3 is 10.1 Å². The predicted octanol–water partition coefficient (Wildman–Crippen LogP) is 3.07. The van der Waals surface area contributed by atoms with E-state index in [2.05, 4.69) is 9.97 Å². The van der Waals surface area contributed by atoms with E-state index in [-0.39, 0.29) is 11.3 Å². The normalized spacial score (nSPS) is 14.2. The predicted molar refractivity (Wildman–Crippen MR) is 91.0 cm³/mol. The molecule has 0 bridgehead atoms. The van der Waals surface area contributed by atoms with Gasteiger partial charge in [-0.05, 0) is 35.4 Å². The lowest BCUT2D eigenvalue weighted by molar-refractivity contribution is 0.475. The van der Waals surface area contributed by atoms with Gasteiger partial charge in [-0.15, -0.1) is 11.3 Å². The maximum absolute atomic E-state index is 12.4. The number of phenolic OH excluding ortho intramolecular Hbond substituents is 1.